The van der Waals surface area contributed by atoms with Gasteiger partial charge in [0, 0.05) is 24.5 Å². The second-order valence-electron chi connectivity index (χ2n) is 7.29. The molecule has 1 N–H and O–H groups in total. The van der Waals surface area contributed by atoms with E-state index in [0.717, 1.165) is 6.42 Å². The zero-order valence-corrected chi connectivity index (χ0v) is 16.0. The molecule has 0 saturated carbocycles. The second kappa shape index (κ2) is 6.96. The fourth-order valence-electron chi connectivity index (χ4n) is 3.01. The lowest BCUT2D eigenvalue weighted by atomic mass is 9.94. The first kappa shape index (κ1) is 18.8. The van der Waals surface area contributed by atoms with Crippen LogP contribution in [0.2, 0.25) is 0 Å². The highest BCUT2D eigenvalue weighted by atomic mass is 32.2. The summed E-state index contributed by atoms with van der Waals surface area (Å²) in [5, 5.41) is 10.5. The van der Waals surface area contributed by atoms with E-state index in [2.05, 4.69) is 20.3 Å². The molecule has 142 valence electrons. The maximum Gasteiger partial charge on any atom is 0.245 e. The Hall–Kier alpha value is -2.00. The zero-order chi connectivity index (χ0) is 18.9. The van der Waals surface area contributed by atoms with E-state index in [-0.39, 0.29) is 27.8 Å². The number of aromatic nitrogens is 2. The number of sulfonamides is 1. The van der Waals surface area contributed by atoms with Crippen molar-refractivity contribution < 1.29 is 17.8 Å². The normalized spacial score (nSPS) is 17.5. The van der Waals surface area contributed by atoms with Crippen molar-refractivity contribution in [2.24, 2.45) is 5.92 Å². The standard InChI is InChI=1S/C17H24N4O4S/c1-4-17(2,3)18-16(22)12-8-10-21(11-9-12)26(23,24)14-7-5-6-13-15(14)20-25-19-13/h5-7,12H,4,8-11H2,1-3H3,(H,18,22). The van der Waals surface area contributed by atoms with Gasteiger partial charge in [-0.2, -0.15) is 4.31 Å². The molecule has 26 heavy (non-hydrogen) atoms. The molecule has 1 amide bonds. The van der Waals surface area contributed by atoms with E-state index in [1.165, 1.54) is 10.4 Å². The Morgan fingerprint density at radius 3 is 2.65 bits per heavy atom. The summed E-state index contributed by atoms with van der Waals surface area (Å²) in [6.45, 7) is 6.59. The molecule has 2 aromatic rings. The minimum Gasteiger partial charge on any atom is -0.351 e. The van der Waals surface area contributed by atoms with Gasteiger partial charge in [-0.15, -0.1) is 0 Å². The Balaban J connectivity index is 1.71. The highest BCUT2D eigenvalue weighted by Gasteiger charge is 2.34. The summed E-state index contributed by atoms with van der Waals surface area (Å²) in [5.74, 6) is -0.173. The number of nitrogens with one attached hydrogen (secondary N) is 1. The van der Waals surface area contributed by atoms with Crippen LogP contribution in [0.25, 0.3) is 11.0 Å². The predicted molar refractivity (Wildman–Crippen MR) is 95.8 cm³/mol. The molecular weight excluding hydrogens is 356 g/mol. The number of rotatable bonds is 5. The van der Waals surface area contributed by atoms with Crippen LogP contribution in [-0.2, 0) is 14.8 Å². The van der Waals surface area contributed by atoms with E-state index < -0.39 is 10.0 Å². The molecule has 1 fully saturated rings. The number of fused-ring (bicyclic) bond motifs is 1. The molecule has 0 unspecified atom stereocenters. The summed E-state index contributed by atoms with van der Waals surface area (Å²) in [7, 11) is -3.71. The van der Waals surface area contributed by atoms with Crippen molar-refractivity contribution in [3.8, 4) is 0 Å². The third-order valence-electron chi connectivity index (χ3n) is 5.04. The van der Waals surface area contributed by atoms with Crippen molar-refractivity contribution in [3.05, 3.63) is 18.2 Å². The molecule has 0 radical (unpaired) electrons. The van der Waals surface area contributed by atoms with Gasteiger partial charge in [-0.25, -0.2) is 13.0 Å². The Morgan fingerprint density at radius 1 is 1.31 bits per heavy atom. The molecule has 0 aliphatic carbocycles. The second-order valence-corrected chi connectivity index (χ2v) is 9.20. The van der Waals surface area contributed by atoms with Crippen LogP contribution in [0.3, 0.4) is 0 Å². The monoisotopic (exact) mass is 380 g/mol. The molecule has 1 aliphatic rings. The van der Waals surface area contributed by atoms with E-state index >= 15 is 0 Å². The van der Waals surface area contributed by atoms with Gasteiger partial charge in [0.25, 0.3) is 0 Å². The van der Waals surface area contributed by atoms with Crippen molar-refractivity contribution in [2.75, 3.05) is 13.1 Å². The molecule has 0 spiro atoms. The van der Waals surface area contributed by atoms with Gasteiger partial charge in [-0.05, 0) is 55.6 Å². The molecular formula is C17H24N4O4S. The molecule has 1 saturated heterocycles. The number of benzene rings is 1. The van der Waals surface area contributed by atoms with Crippen LogP contribution in [0.4, 0.5) is 0 Å². The lowest BCUT2D eigenvalue weighted by Crippen LogP contribution is -2.48. The molecule has 3 rings (SSSR count). The van der Waals surface area contributed by atoms with Crippen molar-refractivity contribution >= 4 is 27.0 Å². The quantitative estimate of drug-likeness (QED) is 0.850. The number of piperidine rings is 1. The SMILES string of the molecule is CCC(C)(C)NC(=O)C1CCN(S(=O)(=O)c2cccc3nonc23)CC1. The minimum atomic E-state index is -3.71. The van der Waals surface area contributed by atoms with Crippen LogP contribution in [0.15, 0.2) is 27.7 Å². The molecule has 2 heterocycles. The number of carbonyl (C=O) groups is 1. The van der Waals surface area contributed by atoms with Crippen molar-refractivity contribution in [3.63, 3.8) is 0 Å². The predicted octanol–water partition coefficient (Wildman–Crippen LogP) is 1.93. The van der Waals surface area contributed by atoms with Crippen molar-refractivity contribution in [1.29, 1.82) is 0 Å². The molecule has 9 heteroatoms. The maximum absolute atomic E-state index is 13.0. The fraction of sp³-hybridized carbons (Fsp3) is 0.588. The first-order valence-electron chi connectivity index (χ1n) is 8.78. The average molecular weight is 380 g/mol. The Bertz CT molecular complexity index is 898. The van der Waals surface area contributed by atoms with Gasteiger partial charge in [0.1, 0.15) is 10.4 Å². The van der Waals surface area contributed by atoms with Gasteiger partial charge in [0.15, 0.2) is 5.52 Å². The van der Waals surface area contributed by atoms with Gasteiger partial charge in [-0.3, -0.25) is 4.79 Å². The molecule has 0 bridgehead atoms. The highest BCUT2D eigenvalue weighted by Crippen LogP contribution is 2.27. The van der Waals surface area contributed by atoms with Gasteiger partial charge in [-0.1, -0.05) is 13.0 Å². The Labute approximate surface area is 152 Å². The average Bonchev–Trinajstić information content (AvgIpc) is 3.10. The lowest BCUT2D eigenvalue weighted by molar-refractivity contribution is -0.127. The van der Waals surface area contributed by atoms with Crippen LogP contribution in [0.5, 0.6) is 0 Å². The zero-order valence-electron chi connectivity index (χ0n) is 15.2. The number of nitrogens with zero attached hydrogens (tertiary/aromatic N) is 3. The van der Waals surface area contributed by atoms with Gasteiger partial charge < -0.3 is 5.32 Å². The summed E-state index contributed by atoms with van der Waals surface area (Å²) < 4.78 is 32.0. The van der Waals surface area contributed by atoms with Gasteiger partial charge in [0.05, 0.1) is 0 Å². The Kier molecular flexibility index (Phi) is 5.03. The summed E-state index contributed by atoms with van der Waals surface area (Å²) in [6.07, 6.45) is 1.83. The molecule has 8 nitrogen and oxygen atoms in total. The first-order valence-corrected chi connectivity index (χ1v) is 10.2. The van der Waals surface area contributed by atoms with Crippen LogP contribution >= 0.6 is 0 Å². The number of hydrogen-bond acceptors (Lipinski definition) is 6. The first-order chi connectivity index (χ1) is 12.2. The summed E-state index contributed by atoms with van der Waals surface area (Å²) >= 11 is 0. The molecule has 1 aromatic heterocycles. The van der Waals surface area contributed by atoms with Crippen LogP contribution in [0.1, 0.15) is 40.0 Å². The van der Waals surface area contributed by atoms with Crippen molar-refractivity contribution in [2.45, 2.75) is 50.5 Å². The van der Waals surface area contributed by atoms with Gasteiger partial charge >= 0.3 is 0 Å². The van der Waals surface area contributed by atoms with E-state index in [0.29, 0.717) is 31.4 Å². The number of carbonyl (C=O) groups excluding carboxylic acids is 1. The summed E-state index contributed by atoms with van der Waals surface area (Å²) in [5.41, 5.74) is 0.384. The highest BCUT2D eigenvalue weighted by molar-refractivity contribution is 7.89. The number of hydrogen-bond donors (Lipinski definition) is 1. The van der Waals surface area contributed by atoms with Crippen LogP contribution in [-0.4, -0.2) is 47.6 Å². The smallest absolute Gasteiger partial charge is 0.245 e. The fourth-order valence-corrected chi connectivity index (χ4v) is 4.62. The maximum atomic E-state index is 13.0. The third-order valence-corrected chi connectivity index (χ3v) is 6.97. The lowest BCUT2D eigenvalue weighted by Gasteiger charge is -2.33. The Morgan fingerprint density at radius 2 is 2.00 bits per heavy atom. The summed E-state index contributed by atoms with van der Waals surface area (Å²) in [6, 6.07) is 4.77. The van der Waals surface area contributed by atoms with E-state index in [1.54, 1.807) is 12.1 Å². The number of amides is 1. The van der Waals surface area contributed by atoms with Crippen LogP contribution < -0.4 is 5.32 Å². The van der Waals surface area contributed by atoms with E-state index in [9.17, 15) is 13.2 Å². The molecule has 1 aromatic carbocycles. The van der Waals surface area contributed by atoms with Gasteiger partial charge in [0.2, 0.25) is 15.9 Å². The topological polar surface area (TPSA) is 105 Å². The van der Waals surface area contributed by atoms with Crippen LogP contribution in [0, 0.1) is 5.92 Å². The largest absolute Gasteiger partial charge is 0.351 e. The minimum absolute atomic E-state index is 0.00305. The molecule has 1 aliphatic heterocycles. The summed E-state index contributed by atoms with van der Waals surface area (Å²) in [4.78, 5) is 12.5. The third kappa shape index (κ3) is 3.59. The van der Waals surface area contributed by atoms with Crippen molar-refractivity contribution in [1.82, 2.24) is 19.9 Å². The van der Waals surface area contributed by atoms with E-state index in [1.807, 2.05) is 20.8 Å². The van der Waals surface area contributed by atoms with E-state index in [4.69, 9.17) is 0 Å². The molecule has 0 atom stereocenters.